The number of hydrogen-bond donors (Lipinski definition) is 1. The number of nitrogens with two attached hydrogens (primary N) is 1. The predicted molar refractivity (Wildman–Crippen MR) is 100 cm³/mol. The van der Waals surface area contributed by atoms with Gasteiger partial charge in [0.2, 0.25) is 0 Å². The van der Waals surface area contributed by atoms with Gasteiger partial charge in [-0.25, -0.2) is 4.98 Å². The summed E-state index contributed by atoms with van der Waals surface area (Å²) in [5.41, 5.74) is 10.6. The molecule has 1 saturated heterocycles. The molecule has 1 aliphatic rings. The Morgan fingerprint density at radius 1 is 1.17 bits per heavy atom. The molecule has 5 heteroatoms. The molecule has 3 aromatic rings. The number of thiazole rings is 1. The van der Waals surface area contributed by atoms with Crippen LogP contribution in [0.3, 0.4) is 0 Å². The minimum Gasteiger partial charge on any atom is -0.369 e. The van der Waals surface area contributed by atoms with E-state index >= 15 is 0 Å². The summed E-state index contributed by atoms with van der Waals surface area (Å²) in [4.78, 5) is 11.5. The van der Waals surface area contributed by atoms with Crippen molar-refractivity contribution in [1.82, 2.24) is 9.97 Å². The molecule has 2 aromatic heterocycles. The first kappa shape index (κ1) is 15.3. The molecule has 3 heterocycles. The molecule has 1 unspecified atom stereocenters. The van der Waals surface area contributed by atoms with Crippen LogP contribution in [-0.4, -0.2) is 29.1 Å². The van der Waals surface area contributed by atoms with E-state index in [1.54, 1.807) is 11.3 Å². The quantitative estimate of drug-likeness (QED) is 0.790. The van der Waals surface area contributed by atoms with Crippen molar-refractivity contribution in [3.05, 3.63) is 54.2 Å². The number of hydrogen-bond acceptors (Lipinski definition) is 5. The number of benzene rings is 1. The van der Waals surface area contributed by atoms with Crippen LogP contribution in [0.2, 0.25) is 0 Å². The van der Waals surface area contributed by atoms with Crippen molar-refractivity contribution in [2.24, 2.45) is 5.73 Å². The zero-order chi connectivity index (χ0) is 16.4. The fraction of sp³-hybridized carbons (Fsp3) is 0.263. The van der Waals surface area contributed by atoms with Crippen LogP contribution in [0, 0.1) is 0 Å². The van der Waals surface area contributed by atoms with Gasteiger partial charge in [0.15, 0.2) is 0 Å². The van der Waals surface area contributed by atoms with E-state index in [4.69, 9.17) is 10.7 Å². The molecule has 4 rings (SSSR count). The highest BCUT2D eigenvalue weighted by Crippen LogP contribution is 2.34. The molecule has 122 valence electrons. The van der Waals surface area contributed by atoms with Crippen molar-refractivity contribution in [2.45, 2.75) is 18.9 Å². The molecule has 0 saturated carbocycles. The van der Waals surface area contributed by atoms with Crippen LogP contribution in [0.4, 0.5) is 5.69 Å². The zero-order valence-corrected chi connectivity index (χ0v) is 14.2. The highest BCUT2D eigenvalue weighted by molar-refractivity contribution is 7.13. The van der Waals surface area contributed by atoms with Gasteiger partial charge in [0.05, 0.1) is 5.69 Å². The monoisotopic (exact) mass is 336 g/mol. The fourth-order valence-corrected chi connectivity index (χ4v) is 4.03. The Hall–Kier alpha value is -2.24. The first-order valence-electron chi connectivity index (χ1n) is 8.27. The number of nitrogens with zero attached hydrogens (tertiary/aromatic N) is 3. The van der Waals surface area contributed by atoms with Gasteiger partial charge >= 0.3 is 0 Å². The summed E-state index contributed by atoms with van der Waals surface area (Å²) in [5, 5.41) is 3.16. The van der Waals surface area contributed by atoms with E-state index in [2.05, 4.69) is 33.5 Å². The van der Waals surface area contributed by atoms with E-state index in [0.717, 1.165) is 47.8 Å². The summed E-state index contributed by atoms with van der Waals surface area (Å²) >= 11 is 1.67. The number of pyridine rings is 1. The lowest BCUT2D eigenvalue weighted by molar-refractivity contribution is 0.506. The zero-order valence-electron chi connectivity index (χ0n) is 13.4. The van der Waals surface area contributed by atoms with Crippen molar-refractivity contribution in [3.8, 4) is 21.8 Å². The summed E-state index contributed by atoms with van der Waals surface area (Å²) in [5.74, 6) is 0. The van der Waals surface area contributed by atoms with Crippen molar-refractivity contribution in [3.63, 3.8) is 0 Å². The largest absolute Gasteiger partial charge is 0.369 e. The van der Waals surface area contributed by atoms with Gasteiger partial charge in [-0.05, 0) is 18.9 Å². The Morgan fingerprint density at radius 3 is 2.88 bits per heavy atom. The molecule has 0 spiro atoms. The first-order valence-corrected chi connectivity index (χ1v) is 9.15. The molecular formula is C19H20N4S. The summed E-state index contributed by atoms with van der Waals surface area (Å²) < 4.78 is 0. The minimum atomic E-state index is 0.245. The van der Waals surface area contributed by atoms with Gasteiger partial charge in [0.1, 0.15) is 5.01 Å². The Kier molecular flexibility index (Phi) is 4.28. The molecule has 0 amide bonds. The summed E-state index contributed by atoms with van der Waals surface area (Å²) in [7, 11) is 0. The van der Waals surface area contributed by atoms with Gasteiger partial charge in [0.25, 0.3) is 0 Å². The third kappa shape index (κ3) is 3.05. The van der Waals surface area contributed by atoms with E-state index in [1.165, 1.54) is 5.69 Å². The average Bonchev–Trinajstić information content (AvgIpc) is 3.12. The molecular weight excluding hydrogens is 316 g/mol. The Balaban J connectivity index is 1.69. The van der Waals surface area contributed by atoms with Crippen molar-refractivity contribution in [1.29, 1.82) is 0 Å². The average molecular weight is 336 g/mol. The van der Waals surface area contributed by atoms with Gasteiger partial charge in [-0.1, -0.05) is 30.3 Å². The lowest BCUT2D eigenvalue weighted by atomic mass is 10.0. The second-order valence-electron chi connectivity index (χ2n) is 6.15. The van der Waals surface area contributed by atoms with Gasteiger partial charge in [-0.3, -0.25) is 4.98 Å². The van der Waals surface area contributed by atoms with Gasteiger partial charge in [0, 0.05) is 53.7 Å². The highest BCUT2D eigenvalue weighted by Gasteiger charge is 2.20. The highest BCUT2D eigenvalue weighted by atomic mass is 32.1. The van der Waals surface area contributed by atoms with Gasteiger partial charge < -0.3 is 10.6 Å². The van der Waals surface area contributed by atoms with Crippen molar-refractivity contribution < 1.29 is 0 Å². The van der Waals surface area contributed by atoms with Crippen LogP contribution < -0.4 is 10.6 Å². The van der Waals surface area contributed by atoms with Crippen LogP contribution in [0.15, 0.2) is 54.2 Å². The molecule has 1 aliphatic heterocycles. The van der Waals surface area contributed by atoms with Crippen LogP contribution in [0.25, 0.3) is 21.8 Å². The van der Waals surface area contributed by atoms with E-state index in [1.807, 2.05) is 30.6 Å². The lowest BCUT2D eigenvalue weighted by Crippen LogP contribution is -2.43. The normalized spacial score (nSPS) is 17.9. The molecule has 1 aromatic carbocycles. The Morgan fingerprint density at radius 2 is 2.04 bits per heavy atom. The molecule has 24 heavy (non-hydrogen) atoms. The van der Waals surface area contributed by atoms with Gasteiger partial charge in [-0.15, -0.1) is 11.3 Å². The topological polar surface area (TPSA) is 55.0 Å². The molecule has 4 nitrogen and oxygen atoms in total. The molecule has 0 aliphatic carbocycles. The number of aromatic nitrogens is 2. The smallest absolute Gasteiger partial charge is 0.124 e. The predicted octanol–water partition coefficient (Wildman–Crippen LogP) is 3.80. The number of piperidine rings is 1. The number of anilines is 1. The molecule has 1 atom stereocenters. The van der Waals surface area contributed by atoms with Crippen LogP contribution in [0.5, 0.6) is 0 Å². The van der Waals surface area contributed by atoms with Crippen molar-refractivity contribution in [2.75, 3.05) is 18.0 Å². The van der Waals surface area contributed by atoms with E-state index in [-0.39, 0.29) is 6.04 Å². The van der Waals surface area contributed by atoms with E-state index < -0.39 is 0 Å². The first-order chi connectivity index (χ1) is 11.8. The maximum Gasteiger partial charge on any atom is 0.124 e. The second kappa shape index (κ2) is 6.71. The fourth-order valence-electron chi connectivity index (χ4n) is 3.20. The maximum atomic E-state index is 6.16. The second-order valence-corrected chi connectivity index (χ2v) is 7.00. The van der Waals surface area contributed by atoms with E-state index in [0.29, 0.717) is 0 Å². The Labute approximate surface area is 146 Å². The van der Waals surface area contributed by atoms with Crippen LogP contribution >= 0.6 is 11.3 Å². The lowest BCUT2D eigenvalue weighted by Gasteiger charge is -2.33. The summed E-state index contributed by atoms with van der Waals surface area (Å²) in [6.45, 7) is 1.94. The van der Waals surface area contributed by atoms with Crippen molar-refractivity contribution >= 4 is 17.0 Å². The third-order valence-corrected chi connectivity index (χ3v) is 5.29. The summed E-state index contributed by atoms with van der Waals surface area (Å²) in [6, 6.07) is 12.6. The molecule has 0 radical (unpaired) electrons. The summed E-state index contributed by atoms with van der Waals surface area (Å²) in [6.07, 6.45) is 6.00. The standard InChI is InChI=1S/C19H20N4S/c20-15-7-4-10-23(12-15)18-8-9-21-11-16(18)17-13-24-19(22-17)14-5-2-1-3-6-14/h1-3,5-6,8-9,11,13,15H,4,7,10,12,20H2. The Bertz CT molecular complexity index is 815. The molecule has 2 N–H and O–H groups in total. The minimum absolute atomic E-state index is 0.245. The van der Waals surface area contributed by atoms with Crippen LogP contribution in [0.1, 0.15) is 12.8 Å². The van der Waals surface area contributed by atoms with Crippen LogP contribution in [-0.2, 0) is 0 Å². The SMILES string of the molecule is NC1CCCN(c2ccncc2-c2csc(-c3ccccc3)n2)C1. The maximum absolute atomic E-state index is 6.16. The molecule has 1 fully saturated rings. The van der Waals surface area contributed by atoms with Gasteiger partial charge in [-0.2, -0.15) is 0 Å². The van der Waals surface area contributed by atoms with E-state index in [9.17, 15) is 0 Å². The molecule has 0 bridgehead atoms. The number of rotatable bonds is 3. The third-order valence-electron chi connectivity index (χ3n) is 4.40.